The number of hydrogen-bond acceptors (Lipinski definition) is 7. The van der Waals surface area contributed by atoms with E-state index < -0.39 is 0 Å². The summed E-state index contributed by atoms with van der Waals surface area (Å²) < 4.78 is 16.8. The van der Waals surface area contributed by atoms with E-state index in [-0.39, 0.29) is 36.9 Å². The predicted molar refractivity (Wildman–Crippen MR) is 131 cm³/mol. The highest BCUT2D eigenvalue weighted by Crippen LogP contribution is 2.37. The van der Waals surface area contributed by atoms with Crippen LogP contribution < -0.4 is 14.4 Å². The van der Waals surface area contributed by atoms with Crippen molar-refractivity contribution < 1.29 is 23.5 Å². The number of hydrogen-bond donors (Lipinski definition) is 0. The zero-order valence-corrected chi connectivity index (χ0v) is 20.4. The number of rotatable bonds is 4. The Morgan fingerprint density at radius 2 is 1.86 bits per heavy atom. The number of carbonyl (C=O) groups excluding carboxylic acids is 2. The number of benzene rings is 2. The lowest BCUT2D eigenvalue weighted by Gasteiger charge is -2.32. The molecule has 0 radical (unpaired) electrons. The molecule has 3 aromatic rings. The second kappa shape index (κ2) is 8.96. The second-order valence-corrected chi connectivity index (χ2v) is 9.81. The fourth-order valence-electron chi connectivity index (χ4n) is 5.20. The topological polar surface area (TPSA) is 98.0 Å². The van der Waals surface area contributed by atoms with Gasteiger partial charge in [-0.15, -0.1) is 10.2 Å². The van der Waals surface area contributed by atoms with E-state index in [4.69, 9.17) is 13.9 Å². The van der Waals surface area contributed by atoms with E-state index in [2.05, 4.69) is 10.2 Å². The number of amides is 2. The van der Waals surface area contributed by atoms with Gasteiger partial charge in [0.1, 0.15) is 0 Å². The fraction of sp³-hybridized carbons (Fsp3) is 0.407. The van der Waals surface area contributed by atoms with Crippen molar-refractivity contribution >= 4 is 17.5 Å². The third-order valence-corrected chi connectivity index (χ3v) is 7.42. The molecule has 3 aliphatic heterocycles. The Bertz CT molecular complexity index is 1340. The van der Waals surface area contributed by atoms with E-state index in [1.165, 1.54) is 5.56 Å². The molecule has 3 aliphatic rings. The molecule has 9 nitrogen and oxygen atoms in total. The van der Waals surface area contributed by atoms with Crippen molar-refractivity contribution in [3.8, 4) is 23.0 Å². The molecule has 6 rings (SSSR count). The van der Waals surface area contributed by atoms with Gasteiger partial charge in [0.25, 0.3) is 0 Å². The van der Waals surface area contributed by atoms with E-state index in [0.717, 1.165) is 29.7 Å². The number of anilines is 1. The van der Waals surface area contributed by atoms with Crippen LogP contribution in [0.5, 0.6) is 11.5 Å². The number of nitrogens with zero attached hydrogens (tertiary/aromatic N) is 4. The van der Waals surface area contributed by atoms with Crippen molar-refractivity contribution in [2.24, 2.45) is 5.92 Å². The summed E-state index contributed by atoms with van der Waals surface area (Å²) in [6, 6.07) is 11.5. The maximum atomic E-state index is 13.4. The molecule has 2 aromatic carbocycles. The zero-order chi connectivity index (χ0) is 24.8. The number of fused-ring (bicyclic) bond motifs is 1. The number of likely N-dealkylation sites (tertiary alicyclic amines) is 1. The first-order valence-electron chi connectivity index (χ1n) is 12.4. The fourth-order valence-corrected chi connectivity index (χ4v) is 5.20. The number of aryl methyl sites for hydroxylation is 2. The largest absolute Gasteiger partial charge is 0.454 e. The van der Waals surface area contributed by atoms with Gasteiger partial charge in [0.2, 0.25) is 30.4 Å². The van der Waals surface area contributed by atoms with E-state index in [1.54, 1.807) is 4.90 Å². The van der Waals surface area contributed by atoms with Crippen LogP contribution >= 0.6 is 0 Å². The van der Waals surface area contributed by atoms with Crippen molar-refractivity contribution in [1.29, 1.82) is 0 Å². The van der Waals surface area contributed by atoms with Crippen LogP contribution in [0.15, 0.2) is 40.8 Å². The van der Waals surface area contributed by atoms with E-state index in [0.29, 0.717) is 42.9 Å². The van der Waals surface area contributed by atoms with Gasteiger partial charge in [0.15, 0.2) is 11.5 Å². The van der Waals surface area contributed by atoms with Crippen LogP contribution in [0.4, 0.5) is 5.69 Å². The van der Waals surface area contributed by atoms with Crippen molar-refractivity contribution in [3.63, 3.8) is 0 Å². The first kappa shape index (κ1) is 22.6. The molecule has 0 spiro atoms. The smallest absolute Gasteiger partial charge is 0.247 e. The van der Waals surface area contributed by atoms with Gasteiger partial charge in [-0.05, 0) is 68.1 Å². The van der Waals surface area contributed by atoms with Crippen LogP contribution in [0.1, 0.15) is 42.2 Å². The molecule has 4 heterocycles. The van der Waals surface area contributed by atoms with Crippen LogP contribution in [-0.4, -0.2) is 53.3 Å². The Morgan fingerprint density at radius 1 is 1.00 bits per heavy atom. The molecule has 2 amide bonds. The number of carbonyl (C=O) groups is 2. The van der Waals surface area contributed by atoms with Crippen LogP contribution in [0.3, 0.4) is 0 Å². The Morgan fingerprint density at radius 3 is 2.72 bits per heavy atom. The van der Waals surface area contributed by atoms with Gasteiger partial charge in [0, 0.05) is 37.3 Å². The molecule has 36 heavy (non-hydrogen) atoms. The molecular formula is C27H28N4O5. The summed E-state index contributed by atoms with van der Waals surface area (Å²) in [6.45, 7) is 5.88. The number of aromatic nitrogens is 2. The third-order valence-electron chi connectivity index (χ3n) is 7.42. The average molecular weight is 489 g/mol. The molecule has 0 bridgehead atoms. The maximum absolute atomic E-state index is 13.4. The third kappa shape index (κ3) is 4.08. The minimum absolute atomic E-state index is 0.00423. The molecule has 2 atom stereocenters. The molecule has 2 unspecified atom stereocenters. The first-order valence-corrected chi connectivity index (χ1v) is 12.4. The molecule has 2 saturated heterocycles. The van der Waals surface area contributed by atoms with Gasteiger partial charge < -0.3 is 23.7 Å². The van der Waals surface area contributed by atoms with Gasteiger partial charge in [-0.25, -0.2) is 0 Å². The summed E-state index contributed by atoms with van der Waals surface area (Å²) in [6.07, 6.45) is 1.95. The van der Waals surface area contributed by atoms with Gasteiger partial charge in [-0.1, -0.05) is 6.07 Å². The van der Waals surface area contributed by atoms with Crippen LogP contribution in [0.2, 0.25) is 0 Å². The molecule has 9 heteroatoms. The van der Waals surface area contributed by atoms with Crippen LogP contribution in [0, 0.1) is 19.8 Å². The number of ether oxygens (including phenoxy) is 2. The monoisotopic (exact) mass is 488 g/mol. The Labute approximate surface area is 209 Å². The van der Waals surface area contributed by atoms with Gasteiger partial charge in [-0.2, -0.15) is 0 Å². The SMILES string of the molecule is Cc1ccc(N2CC(C(=O)N3CCCC(c4nnc(-c5ccc6c(c5)OCO6)o4)C3)CC2=O)cc1C. The van der Waals surface area contributed by atoms with Gasteiger partial charge in [0.05, 0.1) is 11.8 Å². The molecule has 0 saturated carbocycles. The van der Waals surface area contributed by atoms with Crippen molar-refractivity contribution in [2.75, 3.05) is 31.3 Å². The van der Waals surface area contributed by atoms with Crippen LogP contribution in [0.25, 0.3) is 11.5 Å². The standard InChI is InChI=1S/C27H28N4O5/c1-16-5-7-21(10-17(16)2)31-14-20(12-24(31)32)27(33)30-9-3-4-19(13-30)26-29-28-25(36-26)18-6-8-22-23(11-18)35-15-34-22/h5-8,10-11,19-20H,3-4,9,12-15H2,1-2H3. The highest BCUT2D eigenvalue weighted by molar-refractivity contribution is 6.00. The quantitative estimate of drug-likeness (QED) is 0.550. The zero-order valence-electron chi connectivity index (χ0n) is 20.4. The van der Waals surface area contributed by atoms with Crippen molar-refractivity contribution in [2.45, 2.75) is 39.0 Å². The Kier molecular flexibility index (Phi) is 5.62. The summed E-state index contributed by atoms with van der Waals surface area (Å²) in [5.41, 5.74) is 3.93. The molecule has 0 aliphatic carbocycles. The van der Waals surface area contributed by atoms with Gasteiger partial charge >= 0.3 is 0 Å². The minimum atomic E-state index is -0.343. The molecule has 0 N–H and O–H groups in total. The second-order valence-electron chi connectivity index (χ2n) is 9.81. The summed E-state index contributed by atoms with van der Waals surface area (Å²) in [4.78, 5) is 29.8. The lowest BCUT2D eigenvalue weighted by molar-refractivity contribution is -0.137. The Balaban J connectivity index is 1.13. The molecule has 2 fully saturated rings. The molecular weight excluding hydrogens is 460 g/mol. The Hall–Kier alpha value is -3.88. The van der Waals surface area contributed by atoms with Crippen molar-refractivity contribution in [3.05, 3.63) is 53.4 Å². The lowest BCUT2D eigenvalue weighted by Crippen LogP contribution is -2.43. The van der Waals surface area contributed by atoms with Crippen LogP contribution in [-0.2, 0) is 9.59 Å². The highest BCUT2D eigenvalue weighted by atomic mass is 16.7. The maximum Gasteiger partial charge on any atom is 0.247 e. The lowest BCUT2D eigenvalue weighted by atomic mass is 9.96. The first-order chi connectivity index (χ1) is 17.5. The molecule has 1 aromatic heterocycles. The summed E-state index contributed by atoms with van der Waals surface area (Å²) in [7, 11) is 0. The van der Waals surface area contributed by atoms with E-state index in [1.807, 2.05) is 55.1 Å². The molecule has 186 valence electrons. The highest BCUT2D eigenvalue weighted by Gasteiger charge is 2.39. The van der Waals surface area contributed by atoms with Crippen molar-refractivity contribution in [1.82, 2.24) is 15.1 Å². The normalized spacial score (nSPS) is 21.3. The predicted octanol–water partition coefficient (Wildman–Crippen LogP) is 3.84. The summed E-state index contributed by atoms with van der Waals surface area (Å²) >= 11 is 0. The van der Waals surface area contributed by atoms with E-state index >= 15 is 0 Å². The average Bonchev–Trinajstić information content (AvgIpc) is 3.64. The van der Waals surface area contributed by atoms with Gasteiger partial charge in [-0.3, -0.25) is 9.59 Å². The number of piperidine rings is 1. The van der Waals surface area contributed by atoms with E-state index in [9.17, 15) is 9.59 Å². The summed E-state index contributed by atoms with van der Waals surface area (Å²) in [5, 5.41) is 8.52. The summed E-state index contributed by atoms with van der Waals surface area (Å²) in [5.74, 6) is 1.93. The minimum Gasteiger partial charge on any atom is -0.454 e.